The average molecular weight is 399 g/mol. The summed E-state index contributed by atoms with van der Waals surface area (Å²) in [7, 11) is 0. The number of nitrogens with one attached hydrogen (secondary N) is 1. The summed E-state index contributed by atoms with van der Waals surface area (Å²) in [4.78, 5) is 16.5. The number of nitrogens with zero attached hydrogens (tertiary/aromatic N) is 1. The van der Waals surface area contributed by atoms with Gasteiger partial charge in [0.1, 0.15) is 5.75 Å². The maximum Gasteiger partial charge on any atom is 0.250 e. The summed E-state index contributed by atoms with van der Waals surface area (Å²) < 4.78 is 5.64. The minimum absolute atomic E-state index is 0.137. The molecule has 0 saturated heterocycles. The van der Waals surface area contributed by atoms with E-state index in [0.29, 0.717) is 10.2 Å². The van der Waals surface area contributed by atoms with Crippen LogP contribution in [0.2, 0.25) is 5.02 Å². The number of anilines is 1. The minimum Gasteiger partial charge on any atom is -0.491 e. The van der Waals surface area contributed by atoms with Crippen molar-refractivity contribution in [1.29, 1.82) is 0 Å². The van der Waals surface area contributed by atoms with Crippen LogP contribution in [0.4, 0.5) is 5.13 Å². The zero-order chi connectivity index (χ0) is 19.2. The molecular formula is C21H19ClN2O2S. The van der Waals surface area contributed by atoms with Crippen LogP contribution in [-0.4, -0.2) is 17.0 Å². The Labute approximate surface area is 167 Å². The summed E-state index contributed by atoms with van der Waals surface area (Å²) in [6.07, 6.45) is 3.34. The summed E-state index contributed by atoms with van der Waals surface area (Å²) in [5, 5.41) is 5.91. The van der Waals surface area contributed by atoms with Crippen LogP contribution in [0, 0.1) is 0 Å². The Hall–Kier alpha value is -2.63. The van der Waals surface area contributed by atoms with E-state index in [1.165, 1.54) is 17.4 Å². The molecule has 4 nitrogen and oxygen atoms in total. The number of carbonyl (C=O) groups excluding carboxylic acids is 1. The Balaban J connectivity index is 1.61. The molecule has 1 N–H and O–H groups in total. The SMILES string of the molecule is CC(C)Oc1ccc(-c2csc(NC(=O)C=Cc3ccc(Cl)cc3)n2)cc1. The standard InChI is InChI=1S/C21H19ClN2O2S/c1-14(2)26-18-10-6-16(7-11-18)19-13-27-21(23-19)24-20(25)12-5-15-3-8-17(22)9-4-15/h3-14H,1-2H3,(H,23,24,25). The summed E-state index contributed by atoms with van der Waals surface area (Å²) in [6.45, 7) is 3.98. The molecule has 6 heteroatoms. The third kappa shape index (κ3) is 5.67. The van der Waals surface area contributed by atoms with Crippen LogP contribution < -0.4 is 10.1 Å². The molecular weight excluding hydrogens is 380 g/mol. The molecule has 0 unspecified atom stereocenters. The van der Waals surface area contributed by atoms with Crippen molar-refractivity contribution in [2.45, 2.75) is 20.0 Å². The lowest BCUT2D eigenvalue weighted by molar-refractivity contribution is -0.111. The van der Waals surface area contributed by atoms with E-state index in [2.05, 4.69) is 10.3 Å². The highest BCUT2D eigenvalue weighted by atomic mass is 35.5. The normalized spacial score (nSPS) is 11.1. The van der Waals surface area contributed by atoms with Gasteiger partial charge in [-0.25, -0.2) is 4.98 Å². The van der Waals surface area contributed by atoms with Gasteiger partial charge in [-0.15, -0.1) is 11.3 Å². The molecule has 1 amide bonds. The summed E-state index contributed by atoms with van der Waals surface area (Å²) >= 11 is 7.23. The Morgan fingerprint density at radius 2 is 1.85 bits per heavy atom. The van der Waals surface area contributed by atoms with Crippen LogP contribution in [0.3, 0.4) is 0 Å². The van der Waals surface area contributed by atoms with Crippen LogP contribution in [-0.2, 0) is 4.79 Å². The molecule has 138 valence electrons. The lowest BCUT2D eigenvalue weighted by atomic mass is 10.2. The Bertz CT molecular complexity index is 932. The van der Waals surface area contributed by atoms with Crippen molar-refractivity contribution in [2.75, 3.05) is 5.32 Å². The fourth-order valence-corrected chi connectivity index (χ4v) is 3.18. The predicted octanol–water partition coefficient (Wildman–Crippen LogP) is 5.90. The number of ether oxygens (including phenoxy) is 1. The highest BCUT2D eigenvalue weighted by Gasteiger charge is 2.07. The smallest absolute Gasteiger partial charge is 0.250 e. The largest absolute Gasteiger partial charge is 0.491 e. The predicted molar refractivity (Wildman–Crippen MR) is 112 cm³/mol. The van der Waals surface area contributed by atoms with Gasteiger partial charge in [-0.2, -0.15) is 0 Å². The van der Waals surface area contributed by atoms with Crippen molar-refractivity contribution < 1.29 is 9.53 Å². The lowest BCUT2D eigenvalue weighted by Gasteiger charge is -2.09. The first-order chi connectivity index (χ1) is 13.0. The number of benzene rings is 2. The molecule has 0 aliphatic carbocycles. The van der Waals surface area contributed by atoms with Crippen LogP contribution in [0.1, 0.15) is 19.4 Å². The minimum atomic E-state index is -0.230. The van der Waals surface area contributed by atoms with E-state index in [-0.39, 0.29) is 12.0 Å². The van der Waals surface area contributed by atoms with Gasteiger partial charge in [-0.1, -0.05) is 23.7 Å². The van der Waals surface area contributed by atoms with E-state index in [4.69, 9.17) is 16.3 Å². The first-order valence-corrected chi connectivity index (χ1v) is 9.72. The van der Waals surface area contributed by atoms with Gasteiger partial charge in [0, 0.05) is 22.0 Å². The van der Waals surface area contributed by atoms with Crippen molar-refractivity contribution in [3.05, 3.63) is 70.6 Å². The monoisotopic (exact) mass is 398 g/mol. The van der Waals surface area contributed by atoms with E-state index >= 15 is 0 Å². The zero-order valence-electron chi connectivity index (χ0n) is 15.0. The molecule has 0 fully saturated rings. The van der Waals surface area contributed by atoms with Gasteiger partial charge in [0.2, 0.25) is 5.91 Å². The van der Waals surface area contributed by atoms with E-state index in [0.717, 1.165) is 22.6 Å². The van der Waals surface area contributed by atoms with Gasteiger partial charge in [0.15, 0.2) is 5.13 Å². The molecule has 0 atom stereocenters. The van der Waals surface area contributed by atoms with E-state index < -0.39 is 0 Å². The summed E-state index contributed by atoms with van der Waals surface area (Å²) in [6, 6.07) is 15.0. The molecule has 27 heavy (non-hydrogen) atoms. The van der Waals surface area contributed by atoms with Crippen molar-refractivity contribution in [3.63, 3.8) is 0 Å². The average Bonchev–Trinajstić information content (AvgIpc) is 3.10. The number of halogens is 1. The molecule has 0 spiro atoms. The fourth-order valence-electron chi connectivity index (χ4n) is 2.33. The number of hydrogen-bond donors (Lipinski definition) is 1. The third-order valence-electron chi connectivity index (χ3n) is 3.55. The zero-order valence-corrected chi connectivity index (χ0v) is 16.6. The van der Waals surface area contributed by atoms with Gasteiger partial charge in [-0.05, 0) is 61.9 Å². The summed E-state index contributed by atoms with van der Waals surface area (Å²) in [5.41, 5.74) is 2.69. The third-order valence-corrected chi connectivity index (χ3v) is 4.56. The number of thiazole rings is 1. The van der Waals surface area contributed by atoms with E-state index in [1.54, 1.807) is 18.2 Å². The maximum atomic E-state index is 12.1. The molecule has 0 aliphatic heterocycles. The molecule has 0 saturated carbocycles. The van der Waals surface area contributed by atoms with Gasteiger partial charge < -0.3 is 4.74 Å². The van der Waals surface area contributed by atoms with Crippen LogP contribution in [0.15, 0.2) is 60.0 Å². The van der Waals surface area contributed by atoms with Crippen molar-refractivity contribution in [2.24, 2.45) is 0 Å². The van der Waals surface area contributed by atoms with Gasteiger partial charge >= 0.3 is 0 Å². The highest BCUT2D eigenvalue weighted by Crippen LogP contribution is 2.26. The van der Waals surface area contributed by atoms with Gasteiger partial charge in [-0.3, -0.25) is 10.1 Å². The molecule has 0 aliphatic rings. The molecule has 1 aromatic heterocycles. The Morgan fingerprint density at radius 1 is 1.15 bits per heavy atom. The fraction of sp³-hybridized carbons (Fsp3) is 0.143. The molecule has 2 aromatic carbocycles. The highest BCUT2D eigenvalue weighted by molar-refractivity contribution is 7.14. The Kier molecular flexibility index (Phi) is 6.27. The molecule has 3 aromatic rings. The number of amides is 1. The van der Waals surface area contributed by atoms with Crippen LogP contribution in [0.25, 0.3) is 17.3 Å². The molecule has 0 radical (unpaired) electrons. The maximum absolute atomic E-state index is 12.1. The van der Waals surface area contributed by atoms with Gasteiger partial charge in [0.05, 0.1) is 11.8 Å². The Morgan fingerprint density at radius 3 is 2.52 bits per heavy atom. The summed E-state index contributed by atoms with van der Waals surface area (Å²) in [5.74, 6) is 0.594. The number of carbonyl (C=O) groups is 1. The van der Waals surface area contributed by atoms with Crippen molar-refractivity contribution in [3.8, 4) is 17.0 Å². The van der Waals surface area contributed by atoms with E-state index in [1.807, 2.05) is 55.6 Å². The van der Waals surface area contributed by atoms with E-state index in [9.17, 15) is 4.79 Å². The molecule has 3 rings (SSSR count). The molecule has 0 bridgehead atoms. The number of hydrogen-bond acceptors (Lipinski definition) is 4. The lowest BCUT2D eigenvalue weighted by Crippen LogP contribution is -2.07. The van der Waals surface area contributed by atoms with Crippen LogP contribution >= 0.6 is 22.9 Å². The number of aromatic nitrogens is 1. The van der Waals surface area contributed by atoms with Crippen molar-refractivity contribution in [1.82, 2.24) is 4.98 Å². The van der Waals surface area contributed by atoms with Gasteiger partial charge in [0.25, 0.3) is 0 Å². The van der Waals surface area contributed by atoms with Crippen molar-refractivity contribution >= 4 is 40.1 Å². The second-order valence-electron chi connectivity index (χ2n) is 6.10. The van der Waals surface area contributed by atoms with Crippen LogP contribution in [0.5, 0.6) is 5.75 Å². The second kappa shape index (κ2) is 8.84. The molecule has 1 heterocycles. The first-order valence-electron chi connectivity index (χ1n) is 8.47. The topological polar surface area (TPSA) is 51.2 Å². The number of rotatable bonds is 6. The quantitative estimate of drug-likeness (QED) is 0.525. The first kappa shape index (κ1) is 19.1. The second-order valence-corrected chi connectivity index (χ2v) is 7.40.